The molecule has 3 saturated heterocycles. The number of nitrogens with one attached hydrogen (secondary N) is 1. The number of likely N-dealkylation sites (tertiary alicyclic amines) is 2. The Kier molecular flexibility index (Phi) is 6.11. The molecule has 0 unspecified atom stereocenters. The molecular formula is C23H30F2N4O4. The predicted molar refractivity (Wildman–Crippen MR) is 114 cm³/mol. The van der Waals surface area contributed by atoms with Crippen molar-refractivity contribution in [2.24, 2.45) is 11.3 Å². The van der Waals surface area contributed by atoms with Gasteiger partial charge in [-0.2, -0.15) is 8.78 Å². The lowest BCUT2D eigenvalue weighted by molar-refractivity contribution is -0.140. The maximum absolute atomic E-state index is 13.0. The van der Waals surface area contributed by atoms with Crippen LogP contribution in [0, 0.1) is 11.3 Å². The monoisotopic (exact) mass is 464 g/mol. The van der Waals surface area contributed by atoms with Crippen molar-refractivity contribution < 1.29 is 27.8 Å². The Morgan fingerprint density at radius 2 is 2.03 bits per heavy atom. The molecule has 1 spiro atoms. The maximum atomic E-state index is 13.0. The number of urea groups is 1. The Morgan fingerprint density at radius 1 is 1.24 bits per heavy atom. The van der Waals surface area contributed by atoms with E-state index in [2.05, 4.69) is 15.0 Å². The van der Waals surface area contributed by atoms with E-state index in [1.807, 2.05) is 15.9 Å². The van der Waals surface area contributed by atoms with E-state index in [4.69, 9.17) is 4.74 Å². The summed E-state index contributed by atoms with van der Waals surface area (Å²) in [6.07, 6.45) is 7.63. The molecule has 4 heterocycles. The van der Waals surface area contributed by atoms with E-state index in [0.29, 0.717) is 19.0 Å². The number of pyridine rings is 1. The van der Waals surface area contributed by atoms with Crippen LogP contribution in [-0.2, 0) is 16.0 Å². The second-order valence-corrected chi connectivity index (χ2v) is 9.93. The van der Waals surface area contributed by atoms with Gasteiger partial charge >= 0.3 is 12.6 Å². The van der Waals surface area contributed by atoms with Crippen molar-refractivity contribution in [3.8, 4) is 5.88 Å². The number of hydrogen-bond acceptors (Lipinski definition) is 5. The molecule has 1 aliphatic carbocycles. The van der Waals surface area contributed by atoms with Crippen LogP contribution in [0.15, 0.2) is 18.3 Å². The van der Waals surface area contributed by atoms with Crippen LogP contribution in [0.5, 0.6) is 5.88 Å². The van der Waals surface area contributed by atoms with Gasteiger partial charge in [0.05, 0.1) is 12.1 Å². The van der Waals surface area contributed by atoms with E-state index in [0.717, 1.165) is 57.2 Å². The molecule has 1 N–H and O–H groups in total. The van der Waals surface area contributed by atoms with Crippen molar-refractivity contribution in [1.29, 1.82) is 0 Å². The van der Waals surface area contributed by atoms with Crippen molar-refractivity contribution >= 4 is 11.9 Å². The van der Waals surface area contributed by atoms with Crippen LogP contribution < -0.4 is 10.1 Å². The van der Waals surface area contributed by atoms with Crippen molar-refractivity contribution in [2.45, 2.75) is 57.3 Å². The molecule has 2 atom stereocenters. The van der Waals surface area contributed by atoms with Gasteiger partial charge in [-0.3, -0.25) is 4.79 Å². The third kappa shape index (κ3) is 4.90. The van der Waals surface area contributed by atoms with Gasteiger partial charge in [0.2, 0.25) is 11.8 Å². The first-order valence-electron chi connectivity index (χ1n) is 11.7. The Morgan fingerprint density at radius 3 is 2.73 bits per heavy atom. The summed E-state index contributed by atoms with van der Waals surface area (Å²) in [6, 6.07) is 3.26. The van der Waals surface area contributed by atoms with E-state index >= 15 is 0 Å². The molecule has 0 aromatic carbocycles. The van der Waals surface area contributed by atoms with Crippen LogP contribution in [-0.4, -0.2) is 78.3 Å². The van der Waals surface area contributed by atoms with Gasteiger partial charge in [0, 0.05) is 43.9 Å². The normalized spacial score (nSPS) is 27.2. The highest BCUT2D eigenvalue weighted by Crippen LogP contribution is 2.46. The molecule has 10 heteroatoms. The molecule has 8 nitrogen and oxygen atoms in total. The van der Waals surface area contributed by atoms with Gasteiger partial charge in [-0.15, -0.1) is 0 Å². The van der Waals surface area contributed by atoms with Crippen LogP contribution in [0.25, 0.3) is 0 Å². The highest BCUT2D eigenvalue weighted by atomic mass is 19.3. The highest BCUT2D eigenvalue weighted by molar-refractivity contribution is 5.79. The smallest absolute Gasteiger partial charge is 0.388 e. The minimum Gasteiger partial charge on any atom is -0.417 e. The van der Waals surface area contributed by atoms with Gasteiger partial charge in [-0.05, 0) is 50.0 Å². The van der Waals surface area contributed by atoms with E-state index in [1.54, 1.807) is 6.20 Å². The third-order valence-electron chi connectivity index (χ3n) is 7.62. The number of hydrogen-bond donors (Lipinski definition) is 1. The number of ether oxygens (including phenoxy) is 2. The molecule has 4 fully saturated rings. The van der Waals surface area contributed by atoms with Crippen LogP contribution in [0.4, 0.5) is 13.6 Å². The van der Waals surface area contributed by atoms with Crippen LogP contribution >= 0.6 is 0 Å². The maximum Gasteiger partial charge on any atom is 0.388 e. The average molecular weight is 465 g/mol. The lowest BCUT2D eigenvalue weighted by Crippen LogP contribution is -2.66. The topological polar surface area (TPSA) is 84.0 Å². The Labute approximate surface area is 191 Å². The standard InChI is InChI=1S/C23H30F2N4O4/c24-21(25)33-20-2-1-16(10-26-20)9-15-3-6-23(7-4-15)13-29(14-23)22(31)28-8-5-18-17(11-28)27-19(30)12-32-18/h1-2,10,15,17-18,21H,3-9,11-14H2,(H,27,30)/t17-,18+/m1/s1. The fourth-order valence-electron chi connectivity index (χ4n) is 5.81. The number of halogens is 2. The average Bonchev–Trinajstić information content (AvgIpc) is 2.78. The SMILES string of the molecule is O=C1CO[C@H]2CCN(C(=O)N3CC4(CCC(Cc5ccc(OC(F)F)nc5)CC4)C3)C[C@H]2N1. The Balaban J connectivity index is 1.06. The zero-order valence-electron chi connectivity index (χ0n) is 18.6. The largest absolute Gasteiger partial charge is 0.417 e. The van der Waals surface area contributed by atoms with Crippen LogP contribution in [0.1, 0.15) is 37.7 Å². The fraction of sp³-hybridized carbons (Fsp3) is 0.696. The molecule has 3 aliphatic heterocycles. The molecular weight excluding hydrogens is 434 g/mol. The Bertz CT molecular complexity index is 868. The zero-order valence-corrected chi connectivity index (χ0v) is 18.6. The second kappa shape index (κ2) is 9.04. The zero-order chi connectivity index (χ0) is 23.0. The van der Waals surface area contributed by atoms with E-state index < -0.39 is 6.61 Å². The number of fused-ring (bicyclic) bond motifs is 1. The van der Waals surface area contributed by atoms with Gasteiger partial charge in [-0.25, -0.2) is 9.78 Å². The van der Waals surface area contributed by atoms with Crippen LogP contribution in [0.3, 0.4) is 0 Å². The molecule has 3 amide bonds. The fourth-order valence-corrected chi connectivity index (χ4v) is 5.81. The molecule has 4 aliphatic rings. The van der Waals surface area contributed by atoms with Crippen molar-refractivity contribution in [3.05, 3.63) is 23.9 Å². The number of alkyl halides is 2. The second-order valence-electron chi connectivity index (χ2n) is 9.93. The summed E-state index contributed by atoms with van der Waals surface area (Å²) in [5.74, 6) is 0.370. The van der Waals surface area contributed by atoms with Crippen LogP contribution in [0.2, 0.25) is 0 Å². The molecule has 0 bridgehead atoms. The quantitative estimate of drug-likeness (QED) is 0.740. The number of aromatic nitrogens is 1. The van der Waals surface area contributed by atoms with Crippen molar-refractivity contribution in [1.82, 2.24) is 20.1 Å². The number of carbonyl (C=O) groups excluding carboxylic acids is 2. The predicted octanol–water partition coefficient (Wildman–Crippen LogP) is 2.43. The minimum atomic E-state index is -2.86. The van der Waals surface area contributed by atoms with Crippen molar-refractivity contribution in [2.75, 3.05) is 32.8 Å². The molecule has 180 valence electrons. The summed E-state index contributed by atoms with van der Waals surface area (Å²) in [4.78, 5) is 32.4. The van der Waals surface area contributed by atoms with Gasteiger partial charge in [0.15, 0.2) is 0 Å². The van der Waals surface area contributed by atoms with Crippen molar-refractivity contribution in [3.63, 3.8) is 0 Å². The summed E-state index contributed by atoms with van der Waals surface area (Å²) in [6.45, 7) is 0.0213. The number of amides is 3. The Hall–Kier alpha value is -2.49. The first kappa shape index (κ1) is 22.3. The lowest BCUT2D eigenvalue weighted by Gasteiger charge is -2.55. The molecule has 1 aromatic rings. The number of carbonyl (C=O) groups is 2. The lowest BCUT2D eigenvalue weighted by atomic mass is 9.65. The summed E-state index contributed by atoms with van der Waals surface area (Å²) < 4.78 is 34.4. The van der Waals surface area contributed by atoms with E-state index in [-0.39, 0.29) is 42.0 Å². The number of morpholine rings is 1. The number of nitrogens with zero attached hydrogens (tertiary/aromatic N) is 3. The molecule has 5 rings (SSSR count). The number of rotatable bonds is 4. The summed E-state index contributed by atoms with van der Waals surface area (Å²) in [5, 5.41) is 2.95. The third-order valence-corrected chi connectivity index (χ3v) is 7.62. The van der Waals surface area contributed by atoms with E-state index in [1.165, 1.54) is 6.07 Å². The summed E-state index contributed by atoms with van der Waals surface area (Å²) in [5.41, 5.74) is 1.25. The summed E-state index contributed by atoms with van der Waals surface area (Å²) >= 11 is 0. The van der Waals surface area contributed by atoms with E-state index in [9.17, 15) is 18.4 Å². The first-order valence-corrected chi connectivity index (χ1v) is 11.7. The van der Waals surface area contributed by atoms with Gasteiger partial charge in [0.1, 0.15) is 6.61 Å². The minimum absolute atomic E-state index is 0.00740. The molecule has 1 aromatic heterocycles. The number of piperidine rings is 1. The van der Waals surface area contributed by atoms with Gasteiger partial charge in [-0.1, -0.05) is 6.07 Å². The first-order chi connectivity index (χ1) is 15.9. The molecule has 33 heavy (non-hydrogen) atoms. The van der Waals surface area contributed by atoms with Gasteiger partial charge in [0.25, 0.3) is 0 Å². The summed E-state index contributed by atoms with van der Waals surface area (Å²) in [7, 11) is 0. The highest BCUT2D eigenvalue weighted by Gasteiger charge is 2.48. The molecule has 1 saturated carbocycles. The molecule has 0 radical (unpaired) electrons. The van der Waals surface area contributed by atoms with Gasteiger partial charge < -0.3 is 24.6 Å².